The maximum Gasteiger partial charge on any atom is 0.311 e. The molecule has 5 heteroatoms. The molecule has 3 aromatic rings. The highest BCUT2D eigenvalue weighted by Crippen LogP contribution is 2.36. The van der Waals surface area contributed by atoms with Crippen molar-refractivity contribution in [1.29, 1.82) is 0 Å². The summed E-state index contributed by atoms with van der Waals surface area (Å²) < 4.78 is 5.45. The Morgan fingerprint density at radius 1 is 1.14 bits per heavy atom. The SMILES string of the molecule is COc1cccc2ccc(N3CCCC(Cc4ccccc4)(C(=O)O)C3)nc12. The lowest BCUT2D eigenvalue weighted by Crippen LogP contribution is -2.49. The number of nitrogens with zero attached hydrogens (tertiary/aromatic N) is 2. The van der Waals surface area contributed by atoms with Gasteiger partial charge in [0, 0.05) is 18.5 Å². The smallest absolute Gasteiger partial charge is 0.311 e. The fourth-order valence-corrected chi connectivity index (χ4v) is 4.16. The number of carboxylic acids is 1. The number of fused-ring (bicyclic) bond motifs is 1. The summed E-state index contributed by atoms with van der Waals surface area (Å²) in [4.78, 5) is 19.2. The number of ether oxygens (including phenoxy) is 1. The number of pyridine rings is 1. The van der Waals surface area contributed by atoms with E-state index in [1.54, 1.807) is 7.11 Å². The van der Waals surface area contributed by atoms with Crippen LogP contribution in [-0.4, -0.2) is 36.3 Å². The Hall–Kier alpha value is -3.08. The Kier molecular flexibility index (Phi) is 4.90. The van der Waals surface area contributed by atoms with E-state index in [9.17, 15) is 9.90 Å². The third-order valence-electron chi connectivity index (χ3n) is 5.63. The Labute approximate surface area is 164 Å². The molecule has 4 rings (SSSR count). The lowest BCUT2D eigenvalue weighted by molar-refractivity contribution is -0.149. The Morgan fingerprint density at radius 2 is 1.96 bits per heavy atom. The van der Waals surface area contributed by atoms with Gasteiger partial charge in [-0.3, -0.25) is 4.79 Å². The van der Waals surface area contributed by atoms with Gasteiger partial charge in [-0.25, -0.2) is 4.98 Å². The first-order chi connectivity index (χ1) is 13.6. The summed E-state index contributed by atoms with van der Waals surface area (Å²) in [5.74, 6) is 0.792. The zero-order valence-electron chi connectivity index (χ0n) is 16.0. The monoisotopic (exact) mass is 376 g/mol. The predicted molar refractivity (Wildman–Crippen MR) is 110 cm³/mol. The molecular formula is C23H24N2O3. The van der Waals surface area contributed by atoms with Gasteiger partial charge < -0.3 is 14.7 Å². The average molecular weight is 376 g/mol. The average Bonchev–Trinajstić information content (AvgIpc) is 2.73. The normalized spacial score (nSPS) is 19.5. The summed E-state index contributed by atoms with van der Waals surface area (Å²) in [7, 11) is 1.64. The maximum absolute atomic E-state index is 12.3. The minimum absolute atomic E-state index is 0.449. The van der Waals surface area contributed by atoms with Crippen molar-refractivity contribution >= 4 is 22.7 Å². The number of carbonyl (C=O) groups is 1. The largest absolute Gasteiger partial charge is 0.494 e. The number of aromatic nitrogens is 1. The van der Waals surface area contributed by atoms with E-state index < -0.39 is 11.4 Å². The number of methoxy groups -OCH3 is 1. The molecule has 0 amide bonds. The van der Waals surface area contributed by atoms with Gasteiger partial charge in [0.2, 0.25) is 0 Å². The predicted octanol–water partition coefficient (Wildman–Crippen LogP) is 4.16. The minimum Gasteiger partial charge on any atom is -0.494 e. The van der Waals surface area contributed by atoms with E-state index >= 15 is 0 Å². The highest BCUT2D eigenvalue weighted by atomic mass is 16.5. The first kappa shape index (κ1) is 18.3. The van der Waals surface area contributed by atoms with Gasteiger partial charge in [0.25, 0.3) is 0 Å². The van der Waals surface area contributed by atoms with Crippen LogP contribution in [0.3, 0.4) is 0 Å². The summed E-state index contributed by atoms with van der Waals surface area (Å²) in [5, 5.41) is 11.1. The van der Waals surface area contributed by atoms with Crippen molar-refractivity contribution in [3.63, 3.8) is 0 Å². The Morgan fingerprint density at radius 3 is 2.71 bits per heavy atom. The molecule has 1 saturated heterocycles. The molecule has 144 valence electrons. The third kappa shape index (κ3) is 3.40. The number of rotatable bonds is 5. The standard InChI is InChI=1S/C23H24N2O3/c1-28-19-10-5-9-18-11-12-20(24-21(18)19)25-14-6-13-23(16-25,22(26)27)15-17-7-3-2-4-8-17/h2-5,7-12H,6,13-16H2,1H3,(H,26,27). The highest BCUT2D eigenvalue weighted by Gasteiger charge is 2.42. The van der Waals surface area contributed by atoms with E-state index in [0.717, 1.165) is 41.0 Å². The van der Waals surface area contributed by atoms with Crippen molar-refractivity contribution in [3.05, 3.63) is 66.2 Å². The van der Waals surface area contributed by atoms with Crippen LogP contribution in [-0.2, 0) is 11.2 Å². The Balaban J connectivity index is 1.67. The molecule has 2 aromatic carbocycles. The molecule has 0 aliphatic carbocycles. The molecule has 0 bridgehead atoms. The molecule has 0 saturated carbocycles. The molecule has 1 N–H and O–H groups in total. The summed E-state index contributed by atoms with van der Waals surface area (Å²) in [5.41, 5.74) is 1.05. The number of benzene rings is 2. The van der Waals surface area contributed by atoms with E-state index in [0.29, 0.717) is 19.4 Å². The van der Waals surface area contributed by atoms with Crippen molar-refractivity contribution in [3.8, 4) is 5.75 Å². The van der Waals surface area contributed by atoms with Crippen LogP contribution in [0.25, 0.3) is 10.9 Å². The second-order valence-electron chi connectivity index (χ2n) is 7.47. The number of anilines is 1. The summed E-state index contributed by atoms with van der Waals surface area (Å²) >= 11 is 0. The van der Waals surface area contributed by atoms with Crippen LogP contribution in [0.4, 0.5) is 5.82 Å². The molecule has 1 aromatic heterocycles. The molecule has 0 radical (unpaired) electrons. The molecule has 1 aliphatic heterocycles. The minimum atomic E-state index is -0.809. The van der Waals surface area contributed by atoms with Crippen molar-refractivity contribution in [2.75, 3.05) is 25.1 Å². The quantitative estimate of drug-likeness (QED) is 0.724. The number of hydrogen-bond acceptors (Lipinski definition) is 4. The number of aliphatic carboxylic acids is 1. The second kappa shape index (κ2) is 7.50. The number of carboxylic acid groups (broad SMARTS) is 1. The maximum atomic E-state index is 12.3. The first-order valence-corrected chi connectivity index (χ1v) is 9.57. The topological polar surface area (TPSA) is 62.7 Å². The van der Waals surface area contributed by atoms with Gasteiger partial charge in [-0.1, -0.05) is 42.5 Å². The fraction of sp³-hybridized carbons (Fsp3) is 0.304. The summed E-state index contributed by atoms with van der Waals surface area (Å²) in [6, 6.07) is 19.7. The lowest BCUT2D eigenvalue weighted by atomic mass is 9.75. The summed E-state index contributed by atoms with van der Waals surface area (Å²) in [6.07, 6.45) is 2.02. The van der Waals surface area contributed by atoms with Gasteiger partial charge in [-0.2, -0.15) is 0 Å². The molecule has 1 aliphatic rings. The highest BCUT2D eigenvalue weighted by molar-refractivity contribution is 5.86. The second-order valence-corrected chi connectivity index (χ2v) is 7.47. The van der Waals surface area contributed by atoms with Gasteiger partial charge in [-0.15, -0.1) is 0 Å². The fourth-order valence-electron chi connectivity index (χ4n) is 4.16. The number of para-hydroxylation sites is 1. The van der Waals surface area contributed by atoms with Gasteiger partial charge >= 0.3 is 5.97 Å². The zero-order valence-corrected chi connectivity index (χ0v) is 16.0. The molecule has 1 unspecified atom stereocenters. The van der Waals surface area contributed by atoms with E-state index in [1.165, 1.54) is 0 Å². The van der Waals surface area contributed by atoms with Gasteiger partial charge in [0.1, 0.15) is 17.1 Å². The zero-order chi connectivity index (χ0) is 19.6. The van der Waals surface area contributed by atoms with Crippen LogP contribution in [0.2, 0.25) is 0 Å². The molecular weight excluding hydrogens is 352 g/mol. The van der Waals surface area contributed by atoms with Crippen LogP contribution >= 0.6 is 0 Å². The molecule has 1 atom stereocenters. The molecule has 0 spiro atoms. The van der Waals surface area contributed by atoms with E-state index in [4.69, 9.17) is 9.72 Å². The Bertz CT molecular complexity index is 990. The van der Waals surface area contributed by atoms with Crippen molar-refractivity contribution < 1.29 is 14.6 Å². The van der Waals surface area contributed by atoms with E-state index in [2.05, 4.69) is 4.90 Å². The van der Waals surface area contributed by atoms with Crippen molar-refractivity contribution in [2.24, 2.45) is 5.41 Å². The molecule has 28 heavy (non-hydrogen) atoms. The molecule has 1 fully saturated rings. The van der Waals surface area contributed by atoms with E-state index in [-0.39, 0.29) is 0 Å². The number of piperidine rings is 1. The van der Waals surface area contributed by atoms with Crippen LogP contribution in [0.15, 0.2) is 60.7 Å². The van der Waals surface area contributed by atoms with Crippen LogP contribution in [0.5, 0.6) is 5.75 Å². The third-order valence-corrected chi connectivity index (χ3v) is 5.63. The van der Waals surface area contributed by atoms with Gasteiger partial charge in [0.05, 0.1) is 12.5 Å². The van der Waals surface area contributed by atoms with Crippen LogP contribution < -0.4 is 9.64 Å². The lowest BCUT2D eigenvalue weighted by Gasteiger charge is -2.40. The van der Waals surface area contributed by atoms with E-state index in [1.807, 2.05) is 60.7 Å². The number of hydrogen-bond donors (Lipinski definition) is 1. The van der Waals surface area contributed by atoms with Gasteiger partial charge in [0.15, 0.2) is 0 Å². The van der Waals surface area contributed by atoms with Crippen LogP contribution in [0, 0.1) is 5.41 Å². The van der Waals surface area contributed by atoms with Crippen molar-refractivity contribution in [1.82, 2.24) is 4.98 Å². The van der Waals surface area contributed by atoms with Gasteiger partial charge in [-0.05, 0) is 43.0 Å². The first-order valence-electron chi connectivity index (χ1n) is 9.57. The molecule has 5 nitrogen and oxygen atoms in total. The van der Waals surface area contributed by atoms with Crippen LogP contribution in [0.1, 0.15) is 18.4 Å². The molecule has 2 heterocycles. The summed E-state index contributed by atoms with van der Waals surface area (Å²) in [6.45, 7) is 1.25. The van der Waals surface area contributed by atoms with Crippen molar-refractivity contribution in [2.45, 2.75) is 19.3 Å².